The molecule has 2 atom stereocenters. The Morgan fingerprint density at radius 1 is 0.595 bits per heavy atom. The van der Waals surface area contributed by atoms with Gasteiger partial charge in [0.2, 0.25) is 11.8 Å². The van der Waals surface area contributed by atoms with E-state index >= 15 is 0 Å². The molecular weight excluding hydrogens is 532 g/mol. The number of hydrogen-bond acceptors (Lipinski definition) is 5. The molecule has 8 heteroatoms. The number of carbonyl (C=O) groups excluding carboxylic acids is 2. The van der Waals surface area contributed by atoms with E-state index in [0.717, 1.165) is 24.8 Å². The van der Waals surface area contributed by atoms with Crippen LogP contribution in [0.2, 0.25) is 0 Å². The summed E-state index contributed by atoms with van der Waals surface area (Å²) in [5.41, 5.74) is 1.36. The second kappa shape index (κ2) is 20.3. The maximum absolute atomic E-state index is 13.2. The number of amides is 2. The Morgan fingerprint density at radius 2 is 1.00 bits per heavy atom. The SMILES string of the molecule is CCCCCCCCCCCCCCCC(=O)N[C@@H](Cc1ccc(O)cc1)C(=O)N[C@@H](Cc1ccc(O)cc1)C(=O)O. The van der Waals surface area contributed by atoms with Crippen molar-refractivity contribution >= 4 is 17.8 Å². The fraction of sp³-hybridized carbons (Fsp3) is 0.559. The van der Waals surface area contributed by atoms with Crippen LogP contribution in [0, 0.1) is 0 Å². The van der Waals surface area contributed by atoms with Gasteiger partial charge in [-0.2, -0.15) is 0 Å². The molecule has 2 aromatic carbocycles. The van der Waals surface area contributed by atoms with Crippen molar-refractivity contribution in [1.29, 1.82) is 0 Å². The molecule has 0 fully saturated rings. The van der Waals surface area contributed by atoms with Crippen LogP contribution in [0.15, 0.2) is 48.5 Å². The molecule has 42 heavy (non-hydrogen) atoms. The zero-order chi connectivity index (χ0) is 30.6. The highest BCUT2D eigenvalue weighted by Gasteiger charge is 2.27. The third-order valence-corrected chi connectivity index (χ3v) is 7.53. The van der Waals surface area contributed by atoms with E-state index in [-0.39, 0.29) is 30.2 Å². The van der Waals surface area contributed by atoms with Crippen molar-refractivity contribution in [2.45, 2.75) is 122 Å². The van der Waals surface area contributed by atoms with Gasteiger partial charge in [-0.25, -0.2) is 4.79 Å². The first-order valence-electron chi connectivity index (χ1n) is 15.7. The van der Waals surface area contributed by atoms with Crippen molar-refractivity contribution in [2.75, 3.05) is 0 Å². The van der Waals surface area contributed by atoms with Gasteiger partial charge in [-0.15, -0.1) is 0 Å². The smallest absolute Gasteiger partial charge is 0.326 e. The van der Waals surface area contributed by atoms with Crippen molar-refractivity contribution in [3.63, 3.8) is 0 Å². The normalized spacial score (nSPS) is 12.4. The van der Waals surface area contributed by atoms with Gasteiger partial charge >= 0.3 is 5.97 Å². The number of rotatable bonds is 22. The second-order valence-corrected chi connectivity index (χ2v) is 11.3. The molecule has 0 aromatic heterocycles. The molecule has 5 N–H and O–H groups in total. The topological polar surface area (TPSA) is 136 Å². The van der Waals surface area contributed by atoms with Crippen LogP contribution >= 0.6 is 0 Å². The van der Waals surface area contributed by atoms with Gasteiger partial charge in [-0.1, -0.05) is 108 Å². The molecule has 232 valence electrons. The van der Waals surface area contributed by atoms with Gasteiger partial charge in [0.25, 0.3) is 0 Å². The lowest BCUT2D eigenvalue weighted by Gasteiger charge is -2.22. The lowest BCUT2D eigenvalue weighted by Crippen LogP contribution is -2.53. The quantitative estimate of drug-likeness (QED) is 0.102. The van der Waals surface area contributed by atoms with Gasteiger partial charge in [0.15, 0.2) is 0 Å². The Kier molecular flexibility index (Phi) is 16.8. The van der Waals surface area contributed by atoms with Gasteiger partial charge in [0, 0.05) is 19.3 Å². The summed E-state index contributed by atoms with van der Waals surface area (Å²) in [5.74, 6) is -1.88. The Bertz CT molecular complexity index is 1050. The highest BCUT2D eigenvalue weighted by Crippen LogP contribution is 2.15. The summed E-state index contributed by atoms with van der Waals surface area (Å²) in [5, 5.41) is 34.2. The number of carboxylic acid groups (broad SMARTS) is 1. The van der Waals surface area contributed by atoms with Crippen LogP contribution < -0.4 is 10.6 Å². The fourth-order valence-corrected chi connectivity index (χ4v) is 4.99. The maximum atomic E-state index is 13.2. The monoisotopic (exact) mass is 582 g/mol. The van der Waals surface area contributed by atoms with E-state index in [1.165, 1.54) is 88.5 Å². The maximum Gasteiger partial charge on any atom is 0.326 e. The van der Waals surface area contributed by atoms with Crippen LogP contribution in [0.3, 0.4) is 0 Å². The average Bonchev–Trinajstić information content (AvgIpc) is 2.97. The van der Waals surface area contributed by atoms with Crippen molar-refractivity contribution in [3.8, 4) is 11.5 Å². The number of unbranched alkanes of at least 4 members (excludes halogenated alkanes) is 12. The average molecular weight is 583 g/mol. The third kappa shape index (κ3) is 14.9. The summed E-state index contributed by atoms with van der Waals surface area (Å²) in [6.07, 6.45) is 16.2. The summed E-state index contributed by atoms with van der Waals surface area (Å²) < 4.78 is 0. The largest absolute Gasteiger partial charge is 0.508 e. The number of phenols is 2. The first-order chi connectivity index (χ1) is 20.3. The Hall–Kier alpha value is -3.55. The van der Waals surface area contributed by atoms with E-state index in [1.54, 1.807) is 24.3 Å². The summed E-state index contributed by atoms with van der Waals surface area (Å²) in [6, 6.07) is 10.3. The van der Waals surface area contributed by atoms with Gasteiger partial charge in [-0.05, 0) is 41.8 Å². The summed E-state index contributed by atoms with van der Waals surface area (Å²) in [7, 11) is 0. The molecule has 0 saturated heterocycles. The van der Waals surface area contributed by atoms with Crippen molar-refractivity contribution in [1.82, 2.24) is 10.6 Å². The van der Waals surface area contributed by atoms with Crippen LogP contribution in [-0.2, 0) is 27.2 Å². The number of phenolic OH excluding ortho intramolecular Hbond substituents is 2. The molecule has 0 unspecified atom stereocenters. The molecule has 0 radical (unpaired) electrons. The molecule has 0 bridgehead atoms. The van der Waals surface area contributed by atoms with Crippen LogP contribution in [0.25, 0.3) is 0 Å². The van der Waals surface area contributed by atoms with Gasteiger partial charge in [0.05, 0.1) is 0 Å². The molecule has 0 spiro atoms. The lowest BCUT2D eigenvalue weighted by molar-refractivity contribution is -0.142. The third-order valence-electron chi connectivity index (χ3n) is 7.53. The minimum atomic E-state index is -1.21. The molecule has 0 saturated carbocycles. The fourth-order valence-electron chi connectivity index (χ4n) is 4.99. The first-order valence-corrected chi connectivity index (χ1v) is 15.7. The summed E-state index contributed by atoms with van der Waals surface area (Å²) in [6.45, 7) is 2.24. The minimum absolute atomic E-state index is 0.0280. The molecule has 0 aliphatic heterocycles. The number of aromatic hydroxyl groups is 2. The number of nitrogens with one attached hydrogen (secondary N) is 2. The number of benzene rings is 2. The predicted octanol–water partition coefficient (Wildman–Crippen LogP) is 6.42. The summed E-state index contributed by atoms with van der Waals surface area (Å²) in [4.78, 5) is 37.9. The van der Waals surface area contributed by atoms with E-state index in [4.69, 9.17) is 0 Å². The van der Waals surface area contributed by atoms with Crippen LogP contribution in [0.1, 0.15) is 108 Å². The lowest BCUT2D eigenvalue weighted by atomic mass is 10.0. The highest BCUT2D eigenvalue weighted by atomic mass is 16.4. The molecule has 0 heterocycles. The predicted molar refractivity (Wildman–Crippen MR) is 165 cm³/mol. The molecule has 8 nitrogen and oxygen atoms in total. The van der Waals surface area contributed by atoms with Gasteiger partial charge in [0.1, 0.15) is 23.6 Å². The first kappa shape index (κ1) is 34.7. The zero-order valence-corrected chi connectivity index (χ0v) is 25.2. The number of aliphatic carboxylic acids is 1. The van der Waals surface area contributed by atoms with Gasteiger partial charge in [-0.3, -0.25) is 9.59 Å². The molecular formula is C34H50N2O6. The van der Waals surface area contributed by atoms with E-state index in [2.05, 4.69) is 17.6 Å². The van der Waals surface area contributed by atoms with E-state index in [9.17, 15) is 29.7 Å². The van der Waals surface area contributed by atoms with Crippen molar-refractivity contribution in [3.05, 3.63) is 59.7 Å². The van der Waals surface area contributed by atoms with Crippen molar-refractivity contribution < 1.29 is 29.7 Å². The second-order valence-electron chi connectivity index (χ2n) is 11.3. The van der Waals surface area contributed by atoms with E-state index < -0.39 is 24.0 Å². The molecule has 2 aromatic rings. The van der Waals surface area contributed by atoms with E-state index in [0.29, 0.717) is 12.0 Å². The van der Waals surface area contributed by atoms with Crippen LogP contribution in [0.4, 0.5) is 0 Å². The Balaban J connectivity index is 1.80. The molecule has 0 aliphatic rings. The molecule has 2 rings (SSSR count). The minimum Gasteiger partial charge on any atom is -0.508 e. The zero-order valence-electron chi connectivity index (χ0n) is 25.2. The van der Waals surface area contributed by atoms with Crippen LogP contribution in [-0.4, -0.2) is 45.2 Å². The highest BCUT2D eigenvalue weighted by molar-refractivity contribution is 5.90. The van der Waals surface area contributed by atoms with E-state index in [1.807, 2.05) is 0 Å². The standard InChI is InChI=1S/C34H50N2O6/c1-2-3-4-5-6-7-8-9-10-11-12-13-14-15-32(39)35-30(24-26-16-20-28(37)21-17-26)33(40)36-31(34(41)42)25-27-18-22-29(38)23-19-27/h16-23,30-31,37-38H,2-15,24-25H2,1H3,(H,35,39)(H,36,40)(H,41,42)/t30-,31-/m0/s1. The number of carboxylic acids is 1. The molecule has 0 aliphatic carbocycles. The van der Waals surface area contributed by atoms with Crippen molar-refractivity contribution in [2.24, 2.45) is 0 Å². The number of hydrogen-bond donors (Lipinski definition) is 5. The van der Waals surface area contributed by atoms with Crippen LogP contribution in [0.5, 0.6) is 11.5 Å². The number of carbonyl (C=O) groups is 3. The Morgan fingerprint density at radius 3 is 1.43 bits per heavy atom. The summed E-state index contributed by atoms with van der Waals surface area (Å²) >= 11 is 0. The Labute approximate surface area is 250 Å². The van der Waals surface area contributed by atoms with Gasteiger partial charge < -0.3 is 26.0 Å². The molecule has 2 amide bonds.